The van der Waals surface area contributed by atoms with Crippen LogP contribution in [0.1, 0.15) is 17.2 Å². The molecule has 2 rings (SSSR count). The Morgan fingerprint density at radius 2 is 1.62 bits per heavy atom. The highest BCUT2D eigenvalue weighted by molar-refractivity contribution is 9.10. The Hall–Kier alpha value is -1.19. The summed E-state index contributed by atoms with van der Waals surface area (Å²) in [5, 5.41) is 10.1. The van der Waals surface area contributed by atoms with Gasteiger partial charge in [-0.05, 0) is 35.4 Å². The zero-order valence-electron chi connectivity index (χ0n) is 8.40. The Bertz CT molecular complexity index is 453. The van der Waals surface area contributed by atoms with Gasteiger partial charge < -0.3 is 5.11 Å². The van der Waals surface area contributed by atoms with Crippen molar-refractivity contribution in [3.05, 3.63) is 69.9 Å². The van der Waals surface area contributed by atoms with E-state index in [2.05, 4.69) is 15.9 Å². The number of halogens is 2. The first kappa shape index (κ1) is 11.3. The minimum absolute atomic E-state index is 0.341. The second-order valence-electron chi connectivity index (χ2n) is 3.51. The zero-order valence-corrected chi connectivity index (χ0v) is 9.99. The van der Waals surface area contributed by atoms with Crippen LogP contribution in [0.3, 0.4) is 0 Å². The quantitative estimate of drug-likeness (QED) is 0.890. The van der Waals surface area contributed by atoms with E-state index in [-0.39, 0.29) is 5.82 Å². The molecule has 0 unspecified atom stereocenters. The van der Waals surface area contributed by atoms with Crippen molar-refractivity contribution in [2.75, 3.05) is 0 Å². The van der Waals surface area contributed by atoms with Crippen LogP contribution in [0.4, 0.5) is 4.39 Å². The Balaban J connectivity index is 2.35. The van der Waals surface area contributed by atoms with Crippen LogP contribution in [0, 0.1) is 5.82 Å². The molecule has 0 saturated heterocycles. The van der Waals surface area contributed by atoms with E-state index in [0.717, 1.165) is 10.0 Å². The summed E-state index contributed by atoms with van der Waals surface area (Å²) in [7, 11) is 0. The van der Waals surface area contributed by atoms with Gasteiger partial charge in [-0.15, -0.1) is 0 Å². The van der Waals surface area contributed by atoms with Crippen molar-refractivity contribution in [3.8, 4) is 0 Å². The first-order chi connectivity index (χ1) is 7.66. The minimum Gasteiger partial charge on any atom is -0.384 e. The van der Waals surface area contributed by atoms with E-state index < -0.39 is 6.10 Å². The first-order valence-corrected chi connectivity index (χ1v) is 5.65. The fraction of sp³-hybridized carbons (Fsp3) is 0.0769. The average molecular weight is 281 g/mol. The van der Waals surface area contributed by atoms with Crippen LogP contribution < -0.4 is 0 Å². The van der Waals surface area contributed by atoms with Gasteiger partial charge in [0, 0.05) is 4.47 Å². The Labute approximate surface area is 102 Å². The average Bonchev–Trinajstić information content (AvgIpc) is 2.28. The van der Waals surface area contributed by atoms with Crippen molar-refractivity contribution in [2.24, 2.45) is 0 Å². The van der Waals surface area contributed by atoms with Crippen LogP contribution in [0.15, 0.2) is 53.0 Å². The molecule has 0 aliphatic carbocycles. The molecule has 82 valence electrons. The molecular formula is C13H10BrFO. The molecule has 16 heavy (non-hydrogen) atoms. The molecule has 2 aromatic carbocycles. The van der Waals surface area contributed by atoms with Crippen molar-refractivity contribution < 1.29 is 9.50 Å². The Morgan fingerprint density at radius 3 is 2.25 bits per heavy atom. The molecule has 0 amide bonds. The monoisotopic (exact) mass is 280 g/mol. The summed E-state index contributed by atoms with van der Waals surface area (Å²) in [6.07, 6.45) is -0.798. The van der Waals surface area contributed by atoms with E-state index >= 15 is 0 Å². The molecular weight excluding hydrogens is 271 g/mol. The number of aliphatic hydroxyl groups excluding tert-OH is 1. The number of hydrogen-bond acceptors (Lipinski definition) is 1. The summed E-state index contributed by atoms with van der Waals surface area (Å²) in [4.78, 5) is 0. The topological polar surface area (TPSA) is 20.2 Å². The number of aliphatic hydroxyl groups is 1. The predicted octanol–water partition coefficient (Wildman–Crippen LogP) is 3.67. The van der Waals surface area contributed by atoms with Crippen molar-refractivity contribution in [2.45, 2.75) is 6.10 Å². The summed E-state index contributed by atoms with van der Waals surface area (Å²) < 4.78 is 13.9. The molecule has 0 spiro atoms. The molecule has 0 fully saturated rings. The molecule has 0 aliphatic heterocycles. The number of benzene rings is 2. The summed E-state index contributed by atoms with van der Waals surface area (Å²) in [5.41, 5.74) is 1.29. The second-order valence-corrected chi connectivity index (χ2v) is 4.43. The SMILES string of the molecule is O[C@@H](c1cccc(F)c1)c1cccc(Br)c1. The third-order valence-electron chi connectivity index (χ3n) is 2.33. The van der Waals surface area contributed by atoms with E-state index in [1.54, 1.807) is 18.2 Å². The Morgan fingerprint density at radius 1 is 1.00 bits per heavy atom. The van der Waals surface area contributed by atoms with E-state index in [0.29, 0.717) is 5.56 Å². The molecule has 0 heterocycles. The van der Waals surface area contributed by atoms with Gasteiger partial charge in [-0.2, -0.15) is 0 Å². The molecule has 0 saturated carbocycles. The lowest BCUT2D eigenvalue weighted by molar-refractivity contribution is 0.219. The van der Waals surface area contributed by atoms with Gasteiger partial charge in [-0.1, -0.05) is 40.2 Å². The van der Waals surface area contributed by atoms with E-state index in [9.17, 15) is 9.50 Å². The molecule has 3 heteroatoms. The summed E-state index contributed by atoms with van der Waals surface area (Å²) >= 11 is 3.33. The fourth-order valence-electron chi connectivity index (χ4n) is 1.55. The highest BCUT2D eigenvalue weighted by atomic mass is 79.9. The van der Waals surface area contributed by atoms with Crippen LogP contribution in [-0.2, 0) is 0 Å². The van der Waals surface area contributed by atoms with E-state index in [1.165, 1.54) is 12.1 Å². The van der Waals surface area contributed by atoms with E-state index in [4.69, 9.17) is 0 Å². The van der Waals surface area contributed by atoms with Crippen LogP contribution >= 0.6 is 15.9 Å². The first-order valence-electron chi connectivity index (χ1n) is 4.86. The van der Waals surface area contributed by atoms with Crippen molar-refractivity contribution in [1.82, 2.24) is 0 Å². The lowest BCUT2D eigenvalue weighted by Gasteiger charge is -2.11. The van der Waals surface area contributed by atoms with Gasteiger partial charge in [0.25, 0.3) is 0 Å². The molecule has 0 radical (unpaired) electrons. The predicted molar refractivity (Wildman–Crippen MR) is 64.6 cm³/mol. The van der Waals surface area contributed by atoms with Crippen LogP contribution in [0.2, 0.25) is 0 Å². The largest absolute Gasteiger partial charge is 0.384 e. The Kier molecular flexibility index (Phi) is 3.36. The van der Waals surface area contributed by atoms with Gasteiger partial charge in [0.2, 0.25) is 0 Å². The zero-order chi connectivity index (χ0) is 11.5. The number of hydrogen-bond donors (Lipinski definition) is 1. The van der Waals surface area contributed by atoms with Gasteiger partial charge in [0.05, 0.1) is 0 Å². The van der Waals surface area contributed by atoms with Gasteiger partial charge in [0.15, 0.2) is 0 Å². The van der Waals surface area contributed by atoms with E-state index in [1.807, 2.05) is 18.2 Å². The third-order valence-corrected chi connectivity index (χ3v) is 2.82. The van der Waals surface area contributed by atoms with Crippen molar-refractivity contribution in [3.63, 3.8) is 0 Å². The van der Waals surface area contributed by atoms with Gasteiger partial charge in [-0.25, -0.2) is 4.39 Å². The van der Waals surface area contributed by atoms with Crippen LogP contribution in [0.5, 0.6) is 0 Å². The lowest BCUT2D eigenvalue weighted by atomic mass is 10.0. The van der Waals surface area contributed by atoms with Crippen molar-refractivity contribution in [1.29, 1.82) is 0 Å². The molecule has 0 aliphatic rings. The smallest absolute Gasteiger partial charge is 0.123 e. The number of rotatable bonds is 2. The molecule has 1 nitrogen and oxygen atoms in total. The molecule has 0 aromatic heterocycles. The molecule has 1 atom stereocenters. The van der Waals surface area contributed by atoms with Gasteiger partial charge in [-0.3, -0.25) is 0 Å². The summed E-state index contributed by atoms with van der Waals surface area (Å²) in [6, 6.07) is 13.3. The van der Waals surface area contributed by atoms with Crippen LogP contribution in [0.25, 0.3) is 0 Å². The lowest BCUT2D eigenvalue weighted by Crippen LogP contribution is -1.99. The van der Waals surface area contributed by atoms with Crippen molar-refractivity contribution >= 4 is 15.9 Å². The fourth-order valence-corrected chi connectivity index (χ4v) is 1.96. The molecule has 0 bridgehead atoms. The molecule has 2 aromatic rings. The molecule has 1 N–H and O–H groups in total. The minimum atomic E-state index is -0.798. The third kappa shape index (κ3) is 2.49. The maximum atomic E-state index is 13.0. The highest BCUT2D eigenvalue weighted by Crippen LogP contribution is 2.24. The second kappa shape index (κ2) is 4.76. The van der Waals surface area contributed by atoms with Gasteiger partial charge in [0.1, 0.15) is 11.9 Å². The summed E-state index contributed by atoms with van der Waals surface area (Å²) in [5.74, 6) is -0.341. The standard InChI is InChI=1S/C13H10BrFO/c14-11-5-1-3-9(7-11)13(16)10-4-2-6-12(15)8-10/h1-8,13,16H/t13-/m1/s1. The highest BCUT2D eigenvalue weighted by Gasteiger charge is 2.10. The maximum Gasteiger partial charge on any atom is 0.123 e. The normalized spacial score (nSPS) is 12.4. The summed E-state index contributed by atoms with van der Waals surface area (Å²) in [6.45, 7) is 0. The van der Waals surface area contributed by atoms with Gasteiger partial charge >= 0.3 is 0 Å². The maximum absolute atomic E-state index is 13.0. The van der Waals surface area contributed by atoms with Crippen LogP contribution in [-0.4, -0.2) is 5.11 Å².